The van der Waals surface area contributed by atoms with E-state index in [2.05, 4.69) is 10.5 Å². The van der Waals surface area contributed by atoms with Gasteiger partial charge in [-0.2, -0.15) is 5.10 Å². The molecule has 1 heterocycles. The molecule has 0 atom stereocenters. The molecule has 0 aliphatic rings. The zero-order valence-corrected chi connectivity index (χ0v) is 18.4. The third-order valence-electron chi connectivity index (χ3n) is 4.70. The molecule has 0 bridgehead atoms. The van der Waals surface area contributed by atoms with Crippen LogP contribution in [0.1, 0.15) is 21.5 Å². The quantitative estimate of drug-likeness (QED) is 0.264. The second-order valence-corrected chi connectivity index (χ2v) is 7.77. The number of carbonyl (C=O) groups is 1. The van der Waals surface area contributed by atoms with Crippen LogP contribution < -0.4 is 10.2 Å². The average molecular weight is 464 g/mol. The maximum absolute atomic E-state index is 12.3. The number of hydrazone groups is 1. The maximum Gasteiger partial charge on any atom is 0.271 e. The van der Waals surface area contributed by atoms with E-state index in [1.807, 2.05) is 71.6 Å². The van der Waals surface area contributed by atoms with Gasteiger partial charge in [0.1, 0.15) is 12.4 Å². The molecule has 1 N–H and O–H groups in total. The van der Waals surface area contributed by atoms with E-state index in [1.54, 1.807) is 30.5 Å². The highest BCUT2D eigenvalue weighted by atomic mass is 35.5. The smallest absolute Gasteiger partial charge is 0.271 e. The van der Waals surface area contributed by atoms with Gasteiger partial charge in [0.05, 0.1) is 6.21 Å². The van der Waals surface area contributed by atoms with Crippen LogP contribution in [0.25, 0.3) is 5.69 Å². The minimum absolute atomic E-state index is 0.278. The van der Waals surface area contributed by atoms with Crippen LogP contribution in [0.3, 0.4) is 0 Å². The van der Waals surface area contributed by atoms with Gasteiger partial charge in [0.15, 0.2) is 0 Å². The van der Waals surface area contributed by atoms with E-state index in [4.69, 9.17) is 27.9 Å². The van der Waals surface area contributed by atoms with Gasteiger partial charge in [0, 0.05) is 39.3 Å². The van der Waals surface area contributed by atoms with Crippen LogP contribution in [0.4, 0.5) is 0 Å². The first-order valence-electron chi connectivity index (χ1n) is 9.82. The molecule has 5 nitrogen and oxygen atoms in total. The molecular weight excluding hydrogens is 445 g/mol. The van der Waals surface area contributed by atoms with Crippen LogP contribution >= 0.6 is 23.2 Å². The van der Waals surface area contributed by atoms with Crippen LogP contribution in [0, 0.1) is 0 Å². The summed E-state index contributed by atoms with van der Waals surface area (Å²) in [6.45, 7) is 0.336. The molecule has 1 amide bonds. The van der Waals surface area contributed by atoms with Crippen molar-refractivity contribution in [3.8, 4) is 11.4 Å². The summed E-state index contributed by atoms with van der Waals surface area (Å²) in [4.78, 5) is 12.3. The number of halogens is 2. The Bertz CT molecular complexity index is 1220. The molecule has 4 rings (SSSR count). The van der Waals surface area contributed by atoms with Crippen LogP contribution in [-0.2, 0) is 6.61 Å². The van der Waals surface area contributed by atoms with Crippen molar-refractivity contribution in [1.29, 1.82) is 0 Å². The molecule has 0 fully saturated rings. The van der Waals surface area contributed by atoms with Gasteiger partial charge in [-0.3, -0.25) is 4.79 Å². The second-order valence-electron chi connectivity index (χ2n) is 6.93. The van der Waals surface area contributed by atoms with Crippen molar-refractivity contribution < 1.29 is 9.53 Å². The minimum atomic E-state index is -0.278. The fraction of sp³-hybridized carbons (Fsp3) is 0.0400. The Morgan fingerprint density at radius 1 is 0.969 bits per heavy atom. The largest absolute Gasteiger partial charge is 0.489 e. The van der Waals surface area contributed by atoms with E-state index in [-0.39, 0.29) is 5.91 Å². The Hall–Kier alpha value is -3.54. The lowest BCUT2D eigenvalue weighted by atomic mass is 10.2. The van der Waals surface area contributed by atoms with E-state index >= 15 is 0 Å². The highest BCUT2D eigenvalue weighted by Gasteiger charge is 2.05. The first-order valence-corrected chi connectivity index (χ1v) is 10.6. The number of hydrogen-bond donors (Lipinski definition) is 1. The van der Waals surface area contributed by atoms with Gasteiger partial charge in [0.25, 0.3) is 5.91 Å². The van der Waals surface area contributed by atoms with Crippen LogP contribution in [0.5, 0.6) is 5.75 Å². The van der Waals surface area contributed by atoms with Crippen molar-refractivity contribution in [2.75, 3.05) is 0 Å². The number of aromatic nitrogens is 1. The third-order valence-corrected chi connectivity index (χ3v) is 5.29. The van der Waals surface area contributed by atoms with E-state index in [9.17, 15) is 4.79 Å². The van der Waals surface area contributed by atoms with Gasteiger partial charge in [-0.05, 0) is 78.4 Å². The molecule has 160 valence electrons. The van der Waals surface area contributed by atoms with Crippen molar-refractivity contribution in [1.82, 2.24) is 9.99 Å². The first kappa shape index (κ1) is 21.7. The molecule has 32 heavy (non-hydrogen) atoms. The second kappa shape index (κ2) is 10.2. The molecule has 0 spiro atoms. The number of nitrogens with zero attached hydrogens (tertiary/aromatic N) is 2. The fourth-order valence-electron chi connectivity index (χ4n) is 2.97. The monoisotopic (exact) mass is 463 g/mol. The molecule has 7 heteroatoms. The van der Waals surface area contributed by atoms with Gasteiger partial charge in [-0.25, -0.2) is 5.43 Å². The summed E-state index contributed by atoms with van der Waals surface area (Å²) in [6.07, 6.45) is 5.47. The van der Waals surface area contributed by atoms with E-state index in [0.717, 1.165) is 16.8 Å². The predicted octanol–water partition coefficient (Wildman–Crippen LogP) is 6.13. The van der Waals surface area contributed by atoms with Crippen LogP contribution in [0.15, 0.2) is 96.4 Å². The molecule has 4 aromatic rings. The maximum atomic E-state index is 12.3. The highest BCUT2D eigenvalue weighted by Crippen LogP contribution is 2.22. The van der Waals surface area contributed by atoms with Gasteiger partial charge >= 0.3 is 0 Å². The molecule has 1 aromatic heterocycles. The van der Waals surface area contributed by atoms with E-state index < -0.39 is 0 Å². The van der Waals surface area contributed by atoms with Crippen molar-refractivity contribution >= 4 is 35.3 Å². The number of hydrogen-bond acceptors (Lipinski definition) is 3. The molecule has 0 unspecified atom stereocenters. The topological polar surface area (TPSA) is 55.6 Å². The van der Waals surface area contributed by atoms with Crippen LogP contribution in [-0.4, -0.2) is 16.7 Å². The molecule has 3 aromatic carbocycles. The van der Waals surface area contributed by atoms with Gasteiger partial charge in [-0.15, -0.1) is 0 Å². The summed E-state index contributed by atoms with van der Waals surface area (Å²) in [7, 11) is 0. The summed E-state index contributed by atoms with van der Waals surface area (Å²) < 4.78 is 7.73. The number of rotatable bonds is 7. The molecule has 0 saturated heterocycles. The number of carbonyl (C=O) groups excluding carboxylic acids is 1. The Balaban J connectivity index is 1.29. The van der Waals surface area contributed by atoms with Crippen LogP contribution in [0.2, 0.25) is 10.0 Å². The summed E-state index contributed by atoms with van der Waals surface area (Å²) in [6, 6.07) is 23.8. The first-order chi connectivity index (χ1) is 15.6. The lowest BCUT2D eigenvalue weighted by Crippen LogP contribution is -2.17. The predicted molar refractivity (Wildman–Crippen MR) is 128 cm³/mol. The summed E-state index contributed by atoms with van der Waals surface area (Å²) in [5, 5.41) is 5.19. The number of nitrogens with one attached hydrogen (secondary N) is 1. The molecule has 0 aliphatic heterocycles. The molecule has 0 aliphatic carbocycles. The Morgan fingerprint density at radius 3 is 2.38 bits per heavy atom. The average Bonchev–Trinajstić information content (AvgIpc) is 3.34. The summed E-state index contributed by atoms with van der Waals surface area (Å²) >= 11 is 12.1. The van der Waals surface area contributed by atoms with Gasteiger partial charge in [-0.1, -0.05) is 29.3 Å². The number of amides is 1. The SMILES string of the molecule is O=C(N/N=C/c1ccc(OCc2ccc(Cl)cc2Cl)cc1)c1ccc(-n2cccc2)cc1. The van der Waals surface area contributed by atoms with Crippen molar-refractivity contribution in [3.05, 3.63) is 118 Å². The summed E-state index contributed by atoms with van der Waals surface area (Å²) in [5.74, 6) is 0.417. The third kappa shape index (κ3) is 5.58. The zero-order chi connectivity index (χ0) is 22.3. The standard InChI is InChI=1S/C25H19Cl2N3O2/c26-21-8-5-20(24(27)15-21)17-32-23-11-3-18(4-12-23)16-28-29-25(31)19-6-9-22(10-7-19)30-13-1-2-14-30/h1-16H,17H2,(H,29,31)/b28-16+. The molecular formula is C25H19Cl2N3O2. The van der Waals surface area contributed by atoms with Gasteiger partial charge < -0.3 is 9.30 Å². The lowest BCUT2D eigenvalue weighted by Gasteiger charge is -2.08. The fourth-order valence-corrected chi connectivity index (χ4v) is 3.43. The zero-order valence-electron chi connectivity index (χ0n) is 16.9. The number of benzene rings is 3. The van der Waals surface area contributed by atoms with Crippen molar-refractivity contribution in [3.63, 3.8) is 0 Å². The normalized spacial score (nSPS) is 10.9. The lowest BCUT2D eigenvalue weighted by molar-refractivity contribution is 0.0955. The molecule has 0 saturated carbocycles. The Labute approximate surface area is 195 Å². The molecule has 0 radical (unpaired) electrons. The Morgan fingerprint density at radius 2 is 1.69 bits per heavy atom. The van der Waals surface area contributed by atoms with E-state index in [1.165, 1.54) is 0 Å². The van der Waals surface area contributed by atoms with Crippen molar-refractivity contribution in [2.24, 2.45) is 5.10 Å². The Kier molecular flexibility index (Phi) is 6.90. The van der Waals surface area contributed by atoms with Crippen molar-refractivity contribution in [2.45, 2.75) is 6.61 Å². The highest BCUT2D eigenvalue weighted by molar-refractivity contribution is 6.35. The van der Waals surface area contributed by atoms with E-state index in [0.29, 0.717) is 28.0 Å². The number of ether oxygens (including phenoxy) is 1. The van der Waals surface area contributed by atoms with Gasteiger partial charge in [0.2, 0.25) is 0 Å². The summed E-state index contributed by atoms with van der Waals surface area (Å²) in [5.41, 5.74) is 5.73. The minimum Gasteiger partial charge on any atom is -0.489 e.